The fraction of sp³-hybridized carbons (Fsp3) is 0.571. The summed E-state index contributed by atoms with van der Waals surface area (Å²) in [5.41, 5.74) is 0. The van der Waals surface area contributed by atoms with Crippen LogP contribution in [-0.4, -0.2) is 39.1 Å². The summed E-state index contributed by atoms with van der Waals surface area (Å²) in [6, 6.07) is 0. The Hall–Kier alpha value is -0.0705. The Morgan fingerprint density at radius 2 is 2.22 bits per heavy atom. The van der Waals surface area contributed by atoms with Crippen LogP contribution in [-0.2, 0) is 0 Å². The number of hydrogen-bond acceptors (Lipinski definition) is 1. The third kappa shape index (κ3) is 4.43. The van der Waals surface area contributed by atoms with Gasteiger partial charge < -0.3 is 0 Å². The van der Waals surface area contributed by atoms with Crippen LogP contribution in [0.25, 0.3) is 0 Å². The molecule has 0 fully saturated rings. The Kier molecular flexibility index (Phi) is 4.74. The van der Waals surface area contributed by atoms with Gasteiger partial charge in [-0.25, -0.2) is 0 Å². The molecule has 0 atom stereocenters. The van der Waals surface area contributed by atoms with Crippen LogP contribution in [0.15, 0.2) is 12.7 Å². The minimum absolute atomic E-state index is 1.06. The van der Waals surface area contributed by atoms with Crippen molar-refractivity contribution in [2.75, 3.05) is 14.1 Å². The molecule has 0 saturated carbocycles. The quantitative estimate of drug-likeness (QED) is 0.468. The van der Waals surface area contributed by atoms with Crippen molar-refractivity contribution >= 4 is 20.1 Å². The number of hydrogen-bond donors (Lipinski definition) is 0. The van der Waals surface area contributed by atoms with E-state index in [-0.39, 0.29) is 0 Å². The molecular weight excluding hydrogens is 177 g/mol. The van der Waals surface area contributed by atoms with E-state index in [2.05, 4.69) is 27.1 Å². The van der Waals surface area contributed by atoms with Crippen molar-refractivity contribution < 1.29 is 0 Å². The van der Waals surface area contributed by atoms with Gasteiger partial charge in [-0.1, -0.05) is 0 Å². The third-order valence-electron chi connectivity index (χ3n) is 1.06. The molecule has 0 aromatic heterocycles. The van der Waals surface area contributed by atoms with Gasteiger partial charge in [-0.3, -0.25) is 0 Å². The summed E-state index contributed by atoms with van der Waals surface area (Å²) in [6.07, 6.45) is 4.07. The topological polar surface area (TPSA) is 3.24 Å². The van der Waals surface area contributed by atoms with Crippen LogP contribution >= 0.6 is 0 Å². The summed E-state index contributed by atoms with van der Waals surface area (Å²) < 4.78 is 1.29. The number of allylic oxidation sites excluding steroid dienone is 1. The van der Waals surface area contributed by atoms with Gasteiger partial charge in [0.15, 0.2) is 0 Å². The average Bonchev–Trinajstić information content (AvgIpc) is 1.82. The van der Waals surface area contributed by atoms with E-state index in [1.807, 2.05) is 20.2 Å². The summed E-state index contributed by atoms with van der Waals surface area (Å²) in [6.45, 7) is 3.65. The van der Waals surface area contributed by atoms with Gasteiger partial charge in [-0.2, -0.15) is 0 Å². The molecule has 0 amide bonds. The van der Waals surface area contributed by atoms with Crippen molar-refractivity contribution in [1.82, 2.24) is 4.90 Å². The van der Waals surface area contributed by atoms with Gasteiger partial charge in [0.2, 0.25) is 0 Å². The first kappa shape index (κ1) is 8.93. The van der Waals surface area contributed by atoms with Crippen molar-refractivity contribution in [2.24, 2.45) is 0 Å². The Labute approximate surface area is 65.1 Å². The molecule has 0 spiro atoms. The minimum atomic E-state index is 1.06. The Morgan fingerprint density at radius 1 is 1.67 bits per heavy atom. The van der Waals surface area contributed by atoms with Gasteiger partial charge >= 0.3 is 64.6 Å². The van der Waals surface area contributed by atoms with Crippen LogP contribution in [0.4, 0.5) is 0 Å². The SMILES string of the molecule is C=CCCC(=[Se])N(C)C. The van der Waals surface area contributed by atoms with Crippen molar-refractivity contribution in [3.8, 4) is 0 Å². The molecule has 52 valence electrons. The van der Waals surface area contributed by atoms with Gasteiger partial charge in [0.05, 0.1) is 0 Å². The molecule has 0 radical (unpaired) electrons. The van der Waals surface area contributed by atoms with E-state index in [0.29, 0.717) is 0 Å². The normalized spacial score (nSPS) is 8.67. The maximum atomic E-state index is 3.65. The van der Waals surface area contributed by atoms with Gasteiger partial charge in [-0.05, 0) is 0 Å². The molecule has 0 heterocycles. The second-order valence-corrected chi connectivity index (χ2v) is 3.10. The molecular formula is C7H13NSe. The molecule has 1 nitrogen and oxygen atoms in total. The second kappa shape index (κ2) is 4.78. The van der Waals surface area contributed by atoms with Crippen molar-refractivity contribution in [3.05, 3.63) is 12.7 Å². The Bertz CT molecular complexity index is 107. The number of nitrogens with zero attached hydrogens (tertiary/aromatic N) is 1. The first-order valence-electron chi connectivity index (χ1n) is 2.99. The summed E-state index contributed by atoms with van der Waals surface area (Å²) >= 11 is 3.01. The summed E-state index contributed by atoms with van der Waals surface area (Å²) in [4.78, 5) is 2.09. The fourth-order valence-corrected chi connectivity index (χ4v) is 0.696. The molecule has 0 bridgehead atoms. The van der Waals surface area contributed by atoms with Crippen LogP contribution in [0.3, 0.4) is 0 Å². The van der Waals surface area contributed by atoms with E-state index in [1.165, 1.54) is 4.54 Å². The zero-order chi connectivity index (χ0) is 7.28. The second-order valence-electron chi connectivity index (χ2n) is 2.12. The molecule has 0 aromatic carbocycles. The van der Waals surface area contributed by atoms with E-state index in [4.69, 9.17) is 0 Å². The van der Waals surface area contributed by atoms with E-state index in [0.717, 1.165) is 12.8 Å². The monoisotopic (exact) mass is 191 g/mol. The van der Waals surface area contributed by atoms with Crippen LogP contribution in [0.2, 0.25) is 0 Å². The first-order valence-corrected chi connectivity index (χ1v) is 3.85. The molecule has 0 aromatic rings. The zero-order valence-corrected chi connectivity index (χ0v) is 7.77. The molecule has 0 aliphatic heterocycles. The van der Waals surface area contributed by atoms with Gasteiger partial charge in [-0.15, -0.1) is 0 Å². The van der Waals surface area contributed by atoms with Crippen molar-refractivity contribution in [1.29, 1.82) is 0 Å². The predicted octanol–water partition coefficient (Wildman–Crippen LogP) is 0.813. The third-order valence-corrected chi connectivity index (χ3v) is 2.26. The molecule has 2 heteroatoms. The van der Waals surface area contributed by atoms with Gasteiger partial charge in [0.1, 0.15) is 0 Å². The van der Waals surface area contributed by atoms with Crippen molar-refractivity contribution in [2.45, 2.75) is 12.8 Å². The molecule has 0 N–H and O–H groups in total. The average molecular weight is 190 g/mol. The van der Waals surface area contributed by atoms with Gasteiger partial charge in [0.25, 0.3) is 0 Å². The molecule has 0 aliphatic rings. The van der Waals surface area contributed by atoms with Crippen LogP contribution < -0.4 is 0 Å². The Balaban J connectivity index is 3.38. The number of rotatable bonds is 4. The molecule has 0 saturated heterocycles. The molecule has 0 unspecified atom stereocenters. The fourth-order valence-electron chi connectivity index (χ4n) is 0.449. The van der Waals surface area contributed by atoms with Crippen LogP contribution in [0, 0.1) is 0 Å². The molecule has 0 rings (SSSR count). The van der Waals surface area contributed by atoms with Crippen LogP contribution in [0.1, 0.15) is 12.8 Å². The van der Waals surface area contributed by atoms with E-state index < -0.39 is 0 Å². The molecule has 0 aliphatic carbocycles. The first-order chi connectivity index (χ1) is 4.18. The maximum absolute atomic E-state index is 3.65. The zero-order valence-electron chi connectivity index (χ0n) is 6.05. The summed E-state index contributed by atoms with van der Waals surface area (Å²) in [5.74, 6) is 0. The molecule has 9 heavy (non-hydrogen) atoms. The van der Waals surface area contributed by atoms with Crippen LogP contribution in [0.5, 0.6) is 0 Å². The van der Waals surface area contributed by atoms with Crippen molar-refractivity contribution in [3.63, 3.8) is 0 Å². The summed E-state index contributed by atoms with van der Waals surface area (Å²) in [7, 11) is 4.07. The van der Waals surface area contributed by atoms with E-state index >= 15 is 0 Å². The standard InChI is InChI=1S/C7H13NSe/c1-4-5-6-7(9)8(2)3/h4H,1,5-6H2,2-3H3. The Morgan fingerprint density at radius 3 is 2.56 bits per heavy atom. The summed E-state index contributed by atoms with van der Waals surface area (Å²) in [5, 5.41) is 0. The van der Waals surface area contributed by atoms with E-state index in [9.17, 15) is 0 Å². The van der Waals surface area contributed by atoms with Gasteiger partial charge in [0, 0.05) is 0 Å². The predicted molar refractivity (Wildman–Crippen MR) is 43.9 cm³/mol. The van der Waals surface area contributed by atoms with E-state index in [1.54, 1.807) is 0 Å².